The van der Waals surface area contributed by atoms with Crippen molar-refractivity contribution in [2.75, 3.05) is 26.6 Å². The Balaban J connectivity index is 2.22. The van der Waals surface area contributed by atoms with Crippen LogP contribution in [0.2, 0.25) is 5.02 Å². The van der Waals surface area contributed by atoms with Crippen molar-refractivity contribution in [2.45, 2.75) is 6.54 Å². The minimum Gasteiger partial charge on any atom is -0.493 e. The highest BCUT2D eigenvalue weighted by atomic mass is 35.5. The molecule has 0 saturated heterocycles. The molecule has 2 rings (SSSR count). The maximum absolute atomic E-state index is 13.7. The van der Waals surface area contributed by atoms with Crippen LogP contribution in [0.25, 0.3) is 0 Å². The smallest absolute Gasteiger partial charge is 0.203 e. The van der Waals surface area contributed by atoms with Gasteiger partial charge in [-0.15, -0.1) is 0 Å². The maximum Gasteiger partial charge on any atom is 0.203 e. The summed E-state index contributed by atoms with van der Waals surface area (Å²) in [6.45, 7) is 0.336. The molecular formula is C15H16ClFN2O3. The Morgan fingerprint density at radius 3 is 2.23 bits per heavy atom. The van der Waals surface area contributed by atoms with E-state index in [1.54, 1.807) is 12.1 Å². The maximum atomic E-state index is 13.7. The van der Waals surface area contributed by atoms with Crippen molar-refractivity contribution in [1.29, 1.82) is 0 Å². The van der Waals surface area contributed by atoms with Crippen LogP contribution in [-0.4, -0.2) is 26.3 Å². The van der Waals surface area contributed by atoms with Gasteiger partial charge in [0.05, 0.1) is 26.4 Å². The van der Waals surface area contributed by atoms with Crippen LogP contribution in [0, 0.1) is 5.82 Å². The molecule has 0 aliphatic heterocycles. The number of ether oxygens (including phenoxy) is 3. The summed E-state index contributed by atoms with van der Waals surface area (Å²) in [5.41, 5.74) is 0.825. The fourth-order valence-corrected chi connectivity index (χ4v) is 2.11. The topological polar surface area (TPSA) is 52.6 Å². The number of pyridine rings is 1. The Morgan fingerprint density at radius 2 is 1.73 bits per heavy atom. The summed E-state index contributed by atoms with van der Waals surface area (Å²) in [6, 6.07) is 4.76. The summed E-state index contributed by atoms with van der Waals surface area (Å²) in [6.07, 6.45) is 1.38. The molecule has 2 aromatic rings. The first kappa shape index (κ1) is 16.2. The van der Waals surface area contributed by atoms with Crippen molar-refractivity contribution in [3.63, 3.8) is 0 Å². The summed E-state index contributed by atoms with van der Waals surface area (Å²) >= 11 is 5.67. The van der Waals surface area contributed by atoms with E-state index in [0.29, 0.717) is 23.8 Å². The molecule has 1 aromatic heterocycles. The first-order valence-corrected chi connectivity index (χ1v) is 6.80. The first-order chi connectivity index (χ1) is 10.6. The van der Waals surface area contributed by atoms with E-state index < -0.39 is 5.82 Å². The van der Waals surface area contributed by atoms with E-state index in [-0.39, 0.29) is 10.8 Å². The summed E-state index contributed by atoms with van der Waals surface area (Å²) in [7, 11) is 4.61. The Hall–Kier alpha value is -2.21. The molecule has 0 aliphatic carbocycles. The molecule has 0 aliphatic rings. The van der Waals surface area contributed by atoms with Gasteiger partial charge in [-0.25, -0.2) is 9.37 Å². The number of rotatable bonds is 6. The van der Waals surface area contributed by atoms with Crippen molar-refractivity contribution in [3.05, 3.63) is 40.8 Å². The summed E-state index contributed by atoms with van der Waals surface area (Å²) < 4.78 is 29.5. The molecule has 0 atom stereocenters. The third-order valence-corrected chi connectivity index (χ3v) is 3.20. The number of hydrogen-bond acceptors (Lipinski definition) is 5. The molecule has 0 spiro atoms. The average Bonchev–Trinajstić information content (AvgIpc) is 2.52. The molecule has 0 fully saturated rings. The molecule has 1 aromatic carbocycles. The lowest BCUT2D eigenvalue weighted by atomic mass is 10.1. The SMILES string of the molecule is COc1cc(CNc2ncc(Cl)cc2F)cc(OC)c1OC. The van der Waals surface area contributed by atoms with E-state index in [1.165, 1.54) is 33.6 Å². The third kappa shape index (κ3) is 3.51. The number of anilines is 1. The van der Waals surface area contributed by atoms with Crippen LogP contribution in [0.1, 0.15) is 5.56 Å². The van der Waals surface area contributed by atoms with Gasteiger partial charge in [0.1, 0.15) is 0 Å². The molecule has 22 heavy (non-hydrogen) atoms. The largest absolute Gasteiger partial charge is 0.493 e. The molecule has 118 valence electrons. The lowest BCUT2D eigenvalue weighted by Gasteiger charge is -2.14. The molecule has 1 heterocycles. The summed E-state index contributed by atoms with van der Waals surface area (Å²) in [5.74, 6) is 1.18. The molecule has 0 saturated carbocycles. The number of benzene rings is 1. The monoisotopic (exact) mass is 326 g/mol. The molecule has 7 heteroatoms. The van der Waals surface area contributed by atoms with E-state index >= 15 is 0 Å². The Bertz CT molecular complexity index is 642. The van der Waals surface area contributed by atoms with Crippen LogP contribution >= 0.6 is 11.6 Å². The van der Waals surface area contributed by atoms with Crippen LogP contribution in [0.3, 0.4) is 0 Å². The predicted molar refractivity (Wildman–Crippen MR) is 82.6 cm³/mol. The Morgan fingerprint density at radius 1 is 1.09 bits per heavy atom. The van der Waals surface area contributed by atoms with Gasteiger partial charge in [0, 0.05) is 12.7 Å². The fraction of sp³-hybridized carbons (Fsp3) is 0.267. The van der Waals surface area contributed by atoms with Crippen molar-refractivity contribution < 1.29 is 18.6 Å². The van der Waals surface area contributed by atoms with E-state index in [2.05, 4.69) is 10.3 Å². The highest BCUT2D eigenvalue weighted by Crippen LogP contribution is 2.38. The minimum absolute atomic E-state index is 0.123. The number of methoxy groups -OCH3 is 3. The second-order valence-electron chi connectivity index (χ2n) is 4.37. The lowest BCUT2D eigenvalue weighted by Crippen LogP contribution is -2.05. The van der Waals surface area contributed by atoms with Gasteiger partial charge in [0.25, 0.3) is 0 Å². The van der Waals surface area contributed by atoms with Crippen molar-refractivity contribution in [1.82, 2.24) is 4.98 Å². The molecular weight excluding hydrogens is 311 g/mol. The summed E-state index contributed by atoms with van der Waals surface area (Å²) in [4.78, 5) is 3.91. The predicted octanol–water partition coefficient (Wildman–Crippen LogP) is 3.51. The van der Waals surface area contributed by atoms with E-state index in [9.17, 15) is 4.39 Å². The van der Waals surface area contributed by atoms with Crippen LogP contribution in [0.15, 0.2) is 24.4 Å². The molecule has 0 amide bonds. The number of hydrogen-bond donors (Lipinski definition) is 1. The lowest BCUT2D eigenvalue weighted by molar-refractivity contribution is 0.324. The minimum atomic E-state index is -0.514. The molecule has 1 N–H and O–H groups in total. The number of aromatic nitrogens is 1. The van der Waals surface area contributed by atoms with Crippen molar-refractivity contribution >= 4 is 17.4 Å². The highest BCUT2D eigenvalue weighted by molar-refractivity contribution is 6.30. The number of nitrogens with one attached hydrogen (secondary N) is 1. The van der Waals surface area contributed by atoms with Gasteiger partial charge >= 0.3 is 0 Å². The second-order valence-corrected chi connectivity index (χ2v) is 4.81. The zero-order valence-electron chi connectivity index (χ0n) is 12.4. The molecule has 0 radical (unpaired) electrons. The molecule has 0 bridgehead atoms. The second kappa shape index (κ2) is 7.17. The van der Waals surface area contributed by atoms with Gasteiger partial charge in [-0.05, 0) is 23.8 Å². The molecule has 0 unspecified atom stereocenters. The summed E-state index contributed by atoms with van der Waals surface area (Å²) in [5, 5.41) is 3.15. The standard InChI is InChI=1S/C15H16ClFN2O3/c1-20-12-4-9(5-13(21-2)14(12)22-3)7-18-15-11(17)6-10(16)8-19-15/h4-6,8H,7H2,1-3H3,(H,18,19). The van der Waals surface area contributed by atoms with Gasteiger partial charge in [-0.3, -0.25) is 0 Å². The highest BCUT2D eigenvalue weighted by Gasteiger charge is 2.13. The van der Waals surface area contributed by atoms with Crippen LogP contribution < -0.4 is 19.5 Å². The van der Waals surface area contributed by atoms with Gasteiger partial charge in [0.15, 0.2) is 23.1 Å². The van der Waals surface area contributed by atoms with Crippen molar-refractivity contribution in [2.24, 2.45) is 0 Å². The van der Waals surface area contributed by atoms with Gasteiger partial charge in [0.2, 0.25) is 5.75 Å². The number of nitrogens with zero attached hydrogens (tertiary/aromatic N) is 1. The van der Waals surface area contributed by atoms with Crippen molar-refractivity contribution in [3.8, 4) is 17.2 Å². The normalized spacial score (nSPS) is 10.2. The van der Waals surface area contributed by atoms with Crippen LogP contribution in [0.5, 0.6) is 17.2 Å². The Kier molecular flexibility index (Phi) is 5.27. The quantitative estimate of drug-likeness (QED) is 0.880. The van der Waals surface area contributed by atoms with Gasteiger partial charge in [-0.2, -0.15) is 0 Å². The van der Waals surface area contributed by atoms with E-state index in [4.69, 9.17) is 25.8 Å². The molecule has 5 nitrogen and oxygen atoms in total. The Labute approximate surface area is 133 Å². The van der Waals surface area contributed by atoms with E-state index in [1.807, 2.05) is 0 Å². The zero-order chi connectivity index (χ0) is 16.1. The van der Waals surface area contributed by atoms with Gasteiger partial charge < -0.3 is 19.5 Å². The first-order valence-electron chi connectivity index (χ1n) is 6.42. The average molecular weight is 327 g/mol. The fourth-order valence-electron chi connectivity index (χ4n) is 1.97. The zero-order valence-corrected chi connectivity index (χ0v) is 13.2. The van der Waals surface area contributed by atoms with Crippen LogP contribution in [0.4, 0.5) is 10.2 Å². The third-order valence-electron chi connectivity index (χ3n) is 2.99. The van der Waals surface area contributed by atoms with Crippen LogP contribution in [-0.2, 0) is 6.54 Å². The van der Waals surface area contributed by atoms with Gasteiger partial charge in [-0.1, -0.05) is 11.6 Å². The van der Waals surface area contributed by atoms with E-state index in [0.717, 1.165) is 5.56 Å². The number of halogens is 2.